The maximum atomic E-state index is 4.55. The topological polar surface area (TPSA) is 29.9 Å². The van der Waals surface area contributed by atoms with Crippen molar-refractivity contribution in [3.8, 4) is 5.69 Å². The molecule has 0 unspecified atom stereocenters. The fourth-order valence-electron chi connectivity index (χ4n) is 2.26. The van der Waals surface area contributed by atoms with Crippen molar-refractivity contribution in [1.82, 2.24) is 9.55 Å². The van der Waals surface area contributed by atoms with Crippen molar-refractivity contribution in [2.24, 2.45) is 0 Å². The van der Waals surface area contributed by atoms with Gasteiger partial charge in [0.15, 0.2) is 0 Å². The van der Waals surface area contributed by atoms with Crippen LogP contribution in [0.1, 0.15) is 44.4 Å². The summed E-state index contributed by atoms with van der Waals surface area (Å²) in [7, 11) is 0. The van der Waals surface area contributed by atoms with Gasteiger partial charge >= 0.3 is 0 Å². The van der Waals surface area contributed by atoms with Gasteiger partial charge in [0.1, 0.15) is 0 Å². The van der Waals surface area contributed by atoms with Crippen LogP contribution >= 0.6 is 0 Å². The summed E-state index contributed by atoms with van der Waals surface area (Å²) in [4.78, 5) is 4.55. The van der Waals surface area contributed by atoms with E-state index in [0.717, 1.165) is 24.6 Å². The molecule has 0 radical (unpaired) electrons. The summed E-state index contributed by atoms with van der Waals surface area (Å²) < 4.78 is 2.13. The summed E-state index contributed by atoms with van der Waals surface area (Å²) >= 11 is 0. The minimum atomic E-state index is 0.936. The molecule has 108 valence electrons. The molecule has 0 atom stereocenters. The fourth-order valence-corrected chi connectivity index (χ4v) is 2.26. The number of aromatic nitrogens is 2. The van der Waals surface area contributed by atoms with E-state index in [1.807, 2.05) is 6.92 Å². The molecule has 0 aliphatic carbocycles. The normalized spacial score (nSPS) is 10.8. The zero-order valence-electron chi connectivity index (χ0n) is 12.8. The Morgan fingerprint density at radius 2 is 1.85 bits per heavy atom. The van der Waals surface area contributed by atoms with E-state index in [4.69, 9.17) is 0 Å². The lowest BCUT2D eigenvalue weighted by molar-refractivity contribution is 0.795. The number of unbranched alkanes of at least 4 members (excludes halogenated alkanes) is 1. The molecule has 0 fully saturated rings. The molecular formula is C17H25N3. The van der Waals surface area contributed by atoms with Gasteiger partial charge in [-0.3, -0.25) is 4.57 Å². The van der Waals surface area contributed by atoms with Crippen molar-refractivity contribution in [3.05, 3.63) is 41.7 Å². The van der Waals surface area contributed by atoms with Crippen molar-refractivity contribution in [2.75, 3.05) is 11.9 Å². The molecule has 0 saturated heterocycles. The van der Waals surface area contributed by atoms with Gasteiger partial charge in [0.05, 0.1) is 5.69 Å². The predicted octanol–water partition coefficient (Wildman–Crippen LogP) is 4.35. The van der Waals surface area contributed by atoms with Crippen LogP contribution in [0.25, 0.3) is 5.69 Å². The summed E-state index contributed by atoms with van der Waals surface area (Å²) in [5.74, 6) is 0.936. The van der Waals surface area contributed by atoms with Crippen LogP contribution in [0, 0.1) is 6.92 Å². The molecule has 0 spiro atoms. The molecule has 0 saturated carbocycles. The molecule has 0 bridgehead atoms. The minimum Gasteiger partial charge on any atom is -0.355 e. The number of aryl methyl sites for hydroxylation is 2. The van der Waals surface area contributed by atoms with Crippen LogP contribution < -0.4 is 5.32 Å². The third-order valence-corrected chi connectivity index (χ3v) is 3.39. The van der Waals surface area contributed by atoms with Crippen molar-refractivity contribution < 1.29 is 0 Å². The zero-order valence-corrected chi connectivity index (χ0v) is 12.8. The number of benzene rings is 1. The smallest absolute Gasteiger partial charge is 0.207 e. The summed E-state index contributed by atoms with van der Waals surface area (Å²) in [5.41, 5.74) is 3.62. The standard InChI is InChI=1S/C17H25N3/c1-4-6-7-15-8-10-16(11-9-15)20-13-14(3)19-17(20)18-12-5-2/h8-11,13H,4-7,12H2,1-3H3,(H,18,19). The summed E-state index contributed by atoms with van der Waals surface area (Å²) in [5, 5.41) is 3.38. The van der Waals surface area contributed by atoms with E-state index < -0.39 is 0 Å². The Bertz CT molecular complexity index is 526. The van der Waals surface area contributed by atoms with Gasteiger partial charge in [-0.25, -0.2) is 4.98 Å². The lowest BCUT2D eigenvalue weighted by atomic mass is 10.1. The minimum absolute atomic E-state index is 0.936. The third kappa shape index (κ3) is 3.62. The van der Waals surface area contributed by atoms with Gasteiger partial charge in [0.2, 0.25) is 5.95 Å². The number of rotatable bonds is 7. The number of nitrogens with zero attached hydrogens (tertiary/aromatic N) is 2. The SMILES string of the molecule is CCCCc1ccc(-n2cc(C)nc2NCCC)cc1. The maximum absolute atomic E-state index is 4.55. The highest BCUT2D eigenvalue weighted by Crippen LogP contribution is 2.18. The van der Waals surface area contributed by atoms with Crippen LogP contribution in [0.3, 0.4) is 0 Å². The molecule has 1 heterocycles. The van der Waals surface area contributed by atoms with Crippen LogP contribution in [0.15, 0.2) is 30.5 Å². The molecule has 1 N–H and O–H groups in total. The number of anilines is 1. The number of hydrogen-bond donors (Lipinski definition) is 1. The van der Waals surface area contributed by atoms with Crippen LogP contribution in [0.2, 0.25) is 0 Å². The monoisotopic (exact) mass is 271 g/mol. The van der Waals surface area contributed by atoms with Gasteiger partial charge in [-0.15, -0.1) is 0 Å². The highest BCUT2D eigenvalue weighted by Gasteiger charge is 2.06. The van der Waals surface area contributed by atoms with Gasteiger partial charge < -0.3 is 5.32 Å². The van der Waals surface area contributed by atoms with Crippen LogP contribution in [0.4, 0.5) is 5.95 Å². The molecule has 0 amide bonds. The van der Waals surface area contributed by atoms with Gasteiger partial charge in [-0.1, -0.05) is 32.4 Å². The first-order valence-corrected chi connectivity index (χ1v) is 7.63. The van der Waals surface area contributed by atoms with E-state index in [0.29, 0.717) is 0 Å². The Morgan fingerprint density at radius 3 is 2.50 bits per heavy atom. The Labute approximate surface area is 122 Å². The van der Waals surface area contributed by atoms with Crippen LogP contribution in [-0.2, 0) is 6.42 Å². The Balaban J connectivity index is 2.18. The van der Waals surface area contributed by atoms with E-state index in [1.54, 1.807) is 0 Å². The van der Waals surface area contributed by atoms with Gasteiger partial charge in [0, 0.05) is 18.4 Å². The van der Waals surface area contributed by atoms with Gasteiger partial charge in [-0.05, 0) is 43.9 Å². The molecular weight excluding hydrogens is 246 g/mol. The molecule has 1 aromatic carbocycles. The summed E-state index contributed by atoms with van der Waals surface area (Å²) in [6.45, 7) is 7.37. The molecule has 2 aromatic rings. The number of hydrogen-bond acceptors (Lipinski definition) is 2. The molecule has 1 aromatic heterocycles. The zero-order chi connectivity index (χ0) is 14.4. The summed E-state index contributed by atoms with van der Waals surface area (Å²) in [6.07, 6.45) is 6.85. The predicted molar refractivity (Wildman–Crippen MR) is 85.7 cm³/mol. The van der Waals surface area contributed by atoms with E-state index in [1.165, 1.54) is 30.5 Å². The first-order chi connectivity index (χ1) is 9.74. The van der Waals surface area contributed by atoms with Crippen LogP contribution in [-0.4, -0.2) is 16.1 Å². The molecule has 0 aliphatic rings. The van der Waals surface area contributed by atoms with E-state index in [-0.39, 0.29) is 0 Å². The van der Waals surface area contributed by atoms with E-state index in [9.17, 15) is 0 Å². The first kappa shape index (κ1) is 14.6. The Hall–Kier alpha value is -1.77. The second kappa shape index (κ2) is 7.13. The Kier molecular flexibility index (Phi) is 5.22. The molecule has 3 heteroatoms. The van der Waals surface area contributed by atoms with Crippen molar-refractivity contribution in [1.29, 1.82) is 0 Å². The fraction of sp³-hybridized carbons (Fsp3) is 0.471. The van der Waals surface area contributed by atoms with Gasteiger partial charge in [-0.2, -0.15) is 0 Å². The number of nitrogens with one attached hydrogen (secondary N) is 1. The average molecular weight is 271 g/mol. The van der Waals surface area contributed by atoms with Gasteiger partial charge in [0.25, 0.3) is 0 Å². The lowest BCUT2D eigenvalue weighted by Crippen LogP contribution is -2.06. The van der Waals surface area contributed by atoms with E-state index in [2.05, 4.69) is 59.2 Å². The quantitative estimate of drug-likeness (QED) is 0.811. The summed E-state index contributed by atoms with van der Waals surface area (Å²) in [6, 6.07) is 8.82. The first-order valence-electron chi connectivity index (χ1n) is 7.63. The number of imidazole rings is 1. The third-order valence-electron chi connectivity index (χ3n) is 3.39. The van der Waals surface area contributed by atoms with Crippen molar-refractivity contribution >= 4 is 5.95 Å². The second-order valence-electron chi connectivity index (χ2n) is 5.27. The van der Waals surface area contributed by atoms with Crippen molar-refractivity contribution in [3.63, 3.8) is 0 Å². The maximum Gasteiger partial charge on any atom is 0.207 e. The molecule has 0 aliphatic heterocycles. The van der Waals surface area contributed by atoms with Crippen molar-refractivity contribution in [2.45, 2.75) is 46.5 Å². The Morgan fingerprint density at radius 1 is 1.10 bits per heavy atom. The molecule has 20 heavy (non-hydrogen) atoms. The molecule has 2 rings (SSSR count). The second-order valence-corrected chi connectivity index (χ2v) is 5.27. The van der Waals surface area contributed by atoms with E-state index >= 15 is 0 Å². The highest BCUT2D eigenvalue weighted by atomic mass is 15.2. The highest BCUT2D eigenvalue weighted by molar-refractivity contribution is 5.44. The lowest BCUT2D eigenvalue weighted by Gasteiger charge is -2.10. The average Bonchev–Trinajstić information content (AvgIpc) is 2.84. The molecule has 3 nitrogen and oxygen atoms in total. The van der Waals surface area contributed by atoms with Crippen LogP contribution in [0.5, 0.6) is 0 Å². The largest absolute Gasteiger partial charge is 0.355 e.